The maximum atomic E-state index is 12.9. The fourth-order valence-corrected chi connectivity index (χ4v) is 3.09. The molecule has 0 unspecified atom stereocenters. The Balaban J connectivity index is 1.48. The first kappa shape index (κ1) is 14.1. The lowest BCUT2D eigenvalue weighted by atomic mass is 10.2. The van der Waals surface area contributed by atoms with Crippen LogP contribution in [0.2, 0.25) is 0 Å². The number of nitrogens with one attached hydrogen (secondary N) is 1. The Hall–Kier alpha value is -2.47. The predicted molar refractivity (Wildman–Crippen MR) is 86.1 cm³/mol. The number of nitrogens with zero attached hydrogens (tertiary/aromatic N) is 1. The second-order valence-electron chi connectivity index (χ2n) is 5.48. The monoisotopic (exact) mass is 328 g/mol. The molecule has 1 amide bonds. The summed E-state index contributed by atoms with van der Waals surface area (Å²) in [6.45, 7) is 0. The third kappa shape index (κ3) is 3.03. The van der Waals surface area contributed by atoms with Gasteiger partial charge in [-0.3, -0.25) is 10.1 Å². The van der Waals surface area contributed by atoms with Gasteiger partial charge in [0.2, 0.25) is 0 Å². The third-order valence-corrected chi connectivity index (χ3v) is 4.47. The van der Waals surface area contributed by atoms with Crippen molar-refractivity contribution < 1.29 is 13.6 Å². The van der Waals surface area contributed by atoms with Crippen LogP contribution in [0.15, 0.2) is 46.2 Å². The summed E-state index contributed by atoms with van der Waals surface area (Å²) >= 11 is 1.42. The number of thiazole rings is 1. The topological polar surface area (TPSA) is 55.1 Å². The van der Waals surface area contributed by atoms with Crippen molar-refractivity contribution >= 4 is 22.4 Å². The molecule has 0 bridgehead atoms. The van der Waals surface area contributed by atoms with E-state index in [0.29, 0.717) is 16.8 Å². The first-order chi connectivity index (χ1) is 11.2. The Kier molecular flexibility index (Phi) is 3.46. The van der Waals surface area contributed by atoms with Gasteiger partial charge in [0.05, 0.1) is 5.69 Å². The highest BCUT2D eigenvalue weighted by molar-refractivity contribution is 7.14. The quantitative estimate of drug-likeness (QED) is 0.757. The molecule has 3 aromatic rings. The van der Waals surface area contributed by atoms with E-state index in [0.717, 1.165) is 11.3 Å². The van der Waals surface area contributed by atoms with Crippen molar-refractivity contribution in [2.24, 2.45) is 0 Å². The highest BCUT2D eigenvalue weighted by Crippen LogP contribution is 2.40. The van der Waals surface area contributed by atoms with Gasteiger partial charge in [0.15, 0.2) is 10.9 Å². The molecule has 0 radical (unpaired) electrons. The number of carbonyl (C=O) groups is 1. The third-order valence-electron chi connectivity index (χ3n) is 3.70. The van der Waals surface area contributed by atoms with Gasteiger partial charge in [-0.1, -0.05) is 0 Å². The summed E-state index contributed by atoms with van der Waals surface area (Å²) in [5.41, 5.74) is 1.77. The molecule has 6 heteroatoms. The van der Waals surface area contributed by atoms with E-state index < -0.39 is 0 Å². The molecule has 2 aromatic heterocycles. The standard InChI is InChI=1S/C17H13FN2O2S/c18-12-5-3-11(4-6-12)14-7-8-15(22-14)16(21)20-17-19-13(9-23-17)10-1-2-10/h3-10H,1-2H2,(H,19,20,21). The van der Waals surface area contributed by atoms with Gasteiger partial charge in [-0.05, 0) is 49.2 Å². The molecule has 23 heavy (non-hydrogen) atoms. The first-order valence-electron chi connectivity index (χ1n) is 7.31. The Morgan fingerprint density at radius 2 is 2.00 bits per heavy atom. The lowest BCUT2D eigenvalue weighted by molar-refractivity contribution is 0.0997. The second-order valence-corrected chi connectivity index (χ2v) is 6.33. The molecule has 4 nitrogen and oxygen atoms in total. The van der Waals surface area contributed by atoms with Crippen molar-refractivity contribution in [3.8, 4) is 11.3 Å². The minimum Gasteiger partial charge on any atom is -0.451 e. The number of aromatic nitrogens is 1. The Labute approximate surface area is 136 Å². The van der Waals surface area contributed by atoms with Gasteiger partial charge in [-0.2, -0.15) is 0 Å². The Bertz CT molecular complexity index is 850. The zero-order valence-corrected chi connectivity index (χ0v) is 12.9. The molecule has 116 valence electrons. The average molecular weight is 328 g/mol. The maximum Gasteiger partial charge on any atom is 0.293 e. The number of hydrogen-bond acceptors (Lipinski definition) is 4. The fourth-order valence-electron chi connectivity index (χ4n) is 2.30. The zero-order valence-electron chi connectivity index (χ0n) is 12.1. The molecule has 0 atom stereocenters. The van der Waals surface area contributed by atoms with E-state index in [2.05, 4.69) is 10.3 Å². The second kappa shape index (κ2) is 5.62. The number of amides is 1. The van der Waals surface area contributed by atoms with Crippen LogP contribution in [-0.4, -0.2) is 10.9 Å². The number of anilines is 1. The lowest BCUT2D eigenvalue weighted by Crippen LogP contribution is -2.10. The molecule has 1 aromatic carbocycles. The summed E-state index contributed by atoms with van der Waals surface area (Å²) in [5, 5.41) is 5.32. The number of hydrogen-bond donors (Lipinski definition) is 1. The van der Waals surface area contributed by atoms with Crippen molar-refractivity contribution in [2.75, 3.05) is 5.32 Å². The molecular weight excluding hydrogens is 315 g/mol. The van der Waals surface area contributed by atoms with Crippen LogP contribution >= 0.6 is 11.3 Å². The molecule has 1 saturated carbocycles. The van der Waals surface area contributed by atoms with Crippen LogP contribution in [0.4, 0.5) is 9.52 Å². The minimum atomic E-state index is -0.338. The molecule has 0 spiro atoms. The minimum absolute atomic E-state index is 0.201. The molecule has 1 N–H and O–H groups in total. The van der Waals surface area contributed by atoms with Gasteiger partial charge in [-0.15, -0.1) is 11.3 Å². The average Bonchev–Trinajstić information content (AvgIpc) is 3.10. The normalized spacial score (nSPS) is 14.0. The number of furan rings is 1. The van der Waals surface area contributed by atoms with Crippen molar-refractivity contribution in [2.45, 2.75) is 18.8 Å². The van der Waals surface area contributed by atoms with Crippen LogP contribution in [0.1, 0.15) is 35.0 Å². The van der Waals surface area contributed by atoms with E-state index in [1.165, 1.54) is 36.3 Å². The highest BCUT2D eigenvalue weighted by Gasteiger charge is 2.26. The van der Waals surface area contributed by atoms with Crippen LogP contribution in [0.25, 0.3) is 11.3 Å². The van der Waals surface area contributed by atoms with E-state index in [9.17, 15) is 9.18 Å². The lowest BCUT2D eigenvalue weighted by Gasteiger charge is -1.99. The molecule has 0 saturated heterocycles. The van der Waals surface area contributed by atoms with E-state index in [1.54, 1.807) is 24.3 Å². The summed E-state index contributed by atoms with van der Waals surface area (Å²) in [6.07, 6.45) is 2.35. The summed E-state index contributed by atoms with van der Waals surface area (Å²) in [7, 11) is 0. The summed E-state index contributed by atoms with van der Waals surface area (Å²) < 4.78 is 18.5. The predicted octanol–water partition coefficient (Wildman–Crippen LogP) is 4.67. The van der Waals surface area contributed by atoms with Gasteiger partial charge in [0.1, 0.15) is 11.6 Å². The Morgan fingerprint density at radius 3 is 2.74 bits per heavy atom. The SMILES string of the molecule is O=C(Nc1nc(C2CC2)cs1)c1ccc(-c2ccc(F)cc2)o1. The van der Waals surface area contributed by atoms with Crippen molar-refractivity contribution in [1.29, 1.82) is 0 Å². The van der Waals surface area contributed by atoms with E-state index in [4.69, 9.17) is 4.42 Å². The van der Waals surface area contributed by atoms with Gasteiger partial charge in [0, 0.05) is 16.9 Å². The van der Waals surface area contributed by atoms with Gasteiger partial charge in [0.25, 0.3) is 5.91 Å². The summed E-state index contributed by atoms with van der Waals surface area (Å²) in [4.78, 5) is 16.6. The van der Waals surface area contributed by atoms with E-state index in [1.807, 2.05) is 5.38 Å². The Morgan fingerprint density at radius 1 is 1.22 bits per heavy atom. The zero-order chi connectivity index (χ0) is 15.8. The summed E-state index contributed by atoms with van der Waals surface area (Å²) in [6, 6.07) is 9.22. The van der Waals surface area contributed by atoms with Crippen LogP contribution in [0.5, 0.6) is 0 Å². The largest absolute Gasteiger partial charge is 0.451 e. The molecule has 2 heterocycles. The smallest absolute Gasteiger partial charge is 0.293 e. The number of carbonyl (C=O) groups excluding carboxylic acids is 1. The van der Waals surface area contributed by atoms with Crippen LogP contribution in [0.3, 0.4) is 0 Å². The number of benzene rings is 1. The van der Waals surface area contributed by atoms with E-state index >= 15 is 0 Å². The van der Waals surface area contributed by atoms with Crippen LogP contribution in [0, 0.1) is 5.82 Å². The van der Waals surface area contributed by atoms with Gasteiger partial charge >= 0.3 is 0 Å². The molecular formula is C17H13FN2O2S. The highest BCUT2D eigenvalue weighted by atomic mass is 32.1. The van der Waals surface area contributed by atoms with Crippen molar-refractivity contribution in [3.63, 3.8) is 0 Å². The molecule has 1 aliphatic rings. The molecule has 0 aliphatic heterocycles. The number of halogens is 1. The summed E-state index contributed by atoms with van der Waals surface area (Å²) in [5.74, 6) is 0.634. The van der Waals surface area contributed by atoms with Crippen LogP contribution < -0.4 is 5.32 Å². The van der Waals surface area contributed by atoms with Crippen molar-refractivity contribution in [1.82, 2.24) is 4.98 Å². The van der Waals surface area contributed by atoms with Crippen molar-refractivity contribution in [3.05, 3.63) is 59.0 Å². The fraction of sp³-hybridized carbons (Fsp3) is 0.176. The molecule has 1 aliphatic carbocycles. The van der Waals surface area contributed by atoms with Gasteiger partial charge < -0.3 is 4.42 Å². The van der Waals surface area contributed by atoms with E-state index in [-0.39, 0.29) is 17.5 Å². The molecule has 1 fully saturated rings. The maximum absolute atomic E-state index is 12.9. The number of rotatable bonds is 4. The first-order valence-corrected chi connectivity index (χ1v) is 8.19. The van der Waals surface area contributed by atoms with Gasteiger partial charge in [-0.25, -0.2) is 9.37 Å². The molecule has 4 rings (SSSR count). The van der Waals surface area contributed by atoms with Crippen LogP contribution in [-0.2, 0) is 0 Å².